The Bertz CT molecular complexity index is 971. The van der Waals surface area contributed by atoms with E-state index in [9.17, 15) is 18.4 Å². The van der Waals surface area contributed by atoms with E-state index >= 15 is 0 Å². The van der Waals surface area contributed by atoms with E-state index in [4.69, 9.17) is 0 Å². The fourth-order valence-corrected chi connectivity index (χ4v) is 4.14. The van der Waals surface area contributed by atoms with Gasteiger partial charge in [0.15, 0.2) is 5.65 Å². The molecule has 2 fully saturated rings. The van der Waals surface area contributed by atoms with Crippen LogP contribution in [0.25, 0.3) is 17.2 Å². The molecule has 1 N–H and O–H groups in total. The lowest BCUT2D eigenvalue weighted by molar-refractivity contribution is -0.122. The van der Waals surface area contributed by atoms with Crippen molar-refractivity contribution in [3.05, 3.63) is 40.7 Å². The number of aromatic nitrogens is 3. The average Bonchev–Trinajstić information content (AvgIpc) is 3.21. The number of allylic oxidation sites excluding steroid dienone is 1. The lowest BCUT2D eigenvalue weighted by atomic mass is 9.91. The maximum atomic E-state index is 13.3. The van der Waals surface area contributed by atoms with Crippen LogP contribution >= 0.6 is 11.8 Å². The number of thioether (sulfide) groups is 1. The number of imide groups is 1. The monoisotopic (exact) mass is 390 g/mol. The number of nitrogens with one attached hydrogen (secondary N) is 1. The van der Waals surface area contributed by atoms with Crippen LogP contribution in [0.3, 0.4) is 0 Å². The van der Waals surface area contributed by atoms with E-state index in [1.165, 1.54) is 0 Å². The van der Waals surface area contributed by atoms with Crippen LogP contribution < -0.4 is 0 Å². The molecule has 0 radical (unpaired) electrons. The number of carbonyl (C=O) groups excluding carboxylic acids is 2. The summed E-state index contributed by atoms with van der Waals surface area (Å²) in [6.07, 6.45) is 6.47. The quantitative estimate of drug-likeness (QED) is 0.797. The van der Waals surface area contributed by atoms with E-state index in [1.807, 2.05) is 6.07 Å². The number of hydrogen-bond donors (Lipinski definition) is 1. The van der Waals surface area contributed by atoms with Crippen molar-refractivity contribution >= 4 is 40.1 Å². The van der Waals surface area contributed by atoms with Gasteiger partial charge in [-0.25, -0.2) is 18.7 Å². The second kappa shape index (κ2) is 6.88. The fourth-order valence-electron chi connectivity index (χ4n) is 3.15. The largest absolute Gasteiger partial charge is 0.343 e. The highest BCUT2D eigenvalue weighted by Gasteiger charge is 2.40. The maximum absolute atomic E-state index is 13.3. The second-order valence-corrected chi connectivity index (χ2v) is 7.48. The minimum absolute atomic E-state index is 0.124. The molecule has 2 aliphatic rings. The Hall–Kier alpha value is -2.55. The first kappa shape index (κ1) is 17.8. The van der Waals surface area contributed by atoms with E-state index in [2.05, 4.69) is 15.0 Å². The zero-order valence-corrected chi connectivity index (χ0v) is 15.1. The zero-order valence-electron chi connectivity index (χ0n) is 14.2. The minimum Gasteiger partial charge on any atom is -0.343 e. The molecule has 6 nitrogen and oxygen atoms in total. The number of pyridine rings is 1. The molecule has 0 spiro atoms. The van der Waals surface area contributed by atoms with Crippen LogP contribution in [-0.2, 0) is 4.79 Å². The molecule has 1 aliphatic heterocycles. The lowest BCUT2D eigenvalue weighted by Gasteiger charge is -2.24. The molecule has 0 bridgehead atoms. The molecule has 3 heterocycles. The van der Waals surface area contributed by atoms with Gasteiger partial charge in [0.2, 0.25) is 5.92 Å². The number of amides is 2. The summed E-state index contributed by atoms with van der Waals surface area (Å²) >= 11 is 0.850. The van der Waals surface area contributed by atoms with Gasteiger partial charge in [-0.3, -0.25) is 14.5 Å². The second-order valence-electron chi connectivity index (χ2n) is 6.52. The summed E-state index contributed by atoms with van der Waals surface area (Å²) in [4.78, 5) is 37.4. The molecule has 27 heavy (non-hydrogen) atoms. The molecular weight excluding hydrogens is 374 g/mol. The molecule has 0 unspecified atom stereocenters. The predicted octanol–water partition coefficient (Wildman–Crippen LogP) is 4.13. The van der Waals surface area contributed by atoms with Crippen LogP contribution in [-0.4, -0.2) is 43.5 Å². The number of imidazole rings is 1. The zero-order chi connectivity index (χ0) is 19.0. The van der Waals surface area contributed by atoms with Gasteiger partial charge in [-0.15, -0.1) is 0 Å². The molecule has 2 amide bonds. The Kier molecular flexibility index (Phi) is 4.55. The summed E-state index contributed by atoms with van der Waals surface area (Å²) in [7, 11) is 0. The summed E-state index contributed by atoms with van der Waals surface area (Å²) in [6, 6.07) is 1.86. The molecular formula is C18H16F2N4O2S. The Morgan fingerprint density at radius 2 is 2.04 bits per heavy atom. The van der Waals surface area contributed by atoms with Gasteiger partial charge >= 0.3 is 0 Å². The molecule has 2 aromatic heterocycles. The summed E-state index contributed by atoms with van der Waals surface area (Å²) in [5.41, 5.74) is 2.89. The van der Waals surface area contributed by atoms with E-state index in [-0.39, 0.29) is 37.5 Å². The van der Waals surface area contributed by atoms with Gasteiger partial charge < -0.3 is 4.98 Å². The number of carbonyl (C=O) groups is 2. The third-order valence-electron chi connectivity index (χ3n) is 4.65. The third kappa shape index (κ3) is 3.64. The molecule has 0 aromatic carbocycles. The van der Waals surface area contributed by atoms with Gasteiger partial charge in [-0.1, -0.05) is 17.7 Å². The Labute approximate surface area is 157 Å². The maximum Gasteiger partial charge on any atom is 0.293 e. The number of nitrogens with zero attached hydrogens (tertiary/aromatic N) is 3. The SMILES string of the molecule is O=C1SC(=C2CCC(F)(F)CC2)C(=O)N1CC=Cc1cnc2nc[nH]c2c1. The van der Waals surface area contributed by atoms with Gasteiger partial charge in [0.05, 0.1) is 16.7 Å². The van der Waals surface area contributed by atoms with Crippen LogP contribution in [0, 0.1) is 0 Å². The summed E-state index contributed by atoms with van der Waals surface area (Å²) in [5.74, 6) is -3.07. The van der Waals surface area contributed by atoms with Gasteiger partial charge in [0, 0.05) is 25.6 Å². The highest BCUT2D eigenvalue weighted by molar-refractivity contribution is 8.18. The van der Waals surface area contributed by atoms with E-state index in [0.29, 0.717) is 16.1 Å². The first-order chi connectivity index (χ1) is 12.9. The van der Waals surface area contributed by atoms with Gasteiger partial charge in [0.25, 0.3) is 11.1 Å². The molecule has 4 rings (SSSR count). The van der Waals surface area contributed by atoms with Crippen molar-refractivity contribution in [3.8, 4) is 0 Å². The molecule has 2 aromatic rings. The molecule has 9 heteroatoms. The number of hydrogen-bond acceptors (Lipinski definition) is 5. The van der Waals surface area contributed by atoms with E-state index in [1.54, 1.807) is 24.7 Å². The highest BCUT2D eigenvalue weighted by atomic mass is 32.2. The Morgan fingerprint density at radius 1 is 1.26 bits per heavy atom. The van der Waals surface area contributed by atoms with Crippen molar-refractivity contribution in [2.24, 2.45) is 0 Å². The van der Waals surface area contributed by atoms with E-state index in [0.717, 1.165) is 27.7 Å². The van der Waals surface area contributed by atoms with Gasteiger partial charge in [0.1, 0.15) is 0 Å². The van der Waals surface area contributed by atoms with E-state index < -0.39 is 11.8 Å². The molecule has 1 saturated carbocycles. The van der Waals surface area contributed by atoms with Crippen LogP contribution in [0.2, 0.25) is 0 Å². The Balaban J connectivity index is 1.45. The van der Waals surface area contributed by atoms with Crippen LogP contribution in [0.1, 0.15) is 31.2 Å². The summed E-state index contributed by atoms with van der Waals surface area (Å²) < 4.78 is 26.6. The van der Waals surface area contributed by atoms with Crippen LogP contribution in [0.5, 0.6) is 0 Å². The van der Waals surface area contributed by atoms with Crippen molar-refractivity contribution in [2.45, 2.75) is 31.6 Å². The minimum atomic E-state index is -2.67. The van der Waals surface area contributed by atoms with Crippen molar-refractivity contribution in [1.29, 1.82) is 0 Å². The average molecular weight is 390 g/mol. The van der Waals surface area contributed by atoms with Crippen LogP contribution in [0.15, 0.2) is 35.1 Å². The molecule has 1 saturated heterocycles. The van der Waals surface area contributed by atoms with Crippen molar-refractivity contribution in [3.63, 3.8) is 0 Å². The van der Waals surface area contributed by atoms with Crippen LogP contribution in [0.4, 0.5) is 13.6 Å². The summed E-state index contributed by atoms with van der Waals surface area (Å²) in [5, 5.41) is -0.369. The highest BCUT2D eigenvalue weighted by Crippen LogP contribution is 2.42. The van der Waals surface area contributed by atoms with Gasteiger partial charge in [-0.05, 0) is 36.2 Å². The number of H-pyrrole nitrogens is 1. The van der Waals surface area contributed by atoms with Crippen molar-refractivity contribution in [1.82, 2.24) is 19.9 Å². The number of aromatic amines is 1. The topological polar surface area (TPSA) is 79.0 Å². The summed E-state index contributed by atoms with van der Waals surface area (Å²) in [6.45, 7) is 0.124. The third-order valence-corrected chi connectivity index (χ3v) is 5.71. The van der Waals surface area contributed by atoms with Crippen molar-refractivity contribution < 1.29 is 18.4 Å². The molecule has 1 aliphatic carbocycles. The number of alkyl halides is 2. The smallest absolute Gasteiger partial charge is 0.293 e. The van der Waals surface area contributed by atoms with Gasteiger partial charge in [-0.2, -0.15) is 0 Å². The standard InChI is InChI=1S/C18H16F2N4O2S/c19-18(20)5-3-12(4-6-18)14-16(25)24(17(26)27-14)7-1-2-11-8-13-15(21-9-11)23-10-22-13/h1-2,8-10H,3-7H2,(H,21,22,23). The van der Waals surface area contributed by atoms with Crippen molar-refractivity contribution in [2.75, 3.05) is 6.54 Å². The molecule has 0 atom stereocenters. The number of rotatable bonds is 3. The Morgan fingerprint density at radius 3 is 2.81 bits per heavy atom. The fraction of sp³-hybridized carbons (Fsp3) is 0.333. The number of fused-ring (bicyclic) bond motifs is 1. The first-order valence-electron chi connectivity index (χ1n) is 8.52. The predicted molar refractivity (Wildman–Crippen MR) is 98.1 cm³/mol. The lowest BCUT2D eigenvalue weighted by Crippen LogP contribution is -2.29. The first-order valence-corrected chi connectivity index (χ1v) is 9.34. The normalized spacial score (nSPS) is 20.4. The molecule has 140 valence electrons. The number of halogens is 2.